The number of rotatable bonds is 6. The van der Waals surface area contributed by atoms with Crippen LogP contribution in [0.2, 0.25) is 0 Å². The fourth-order valence-corrected chi connectivity index (χ4v) is 2.39. The van der Waals surface area contributed by atoms with Gasteiger partial charge in [-0.1, -0.05) is 18.2 Å². The Labute approximate surface area is 118 Å². The van der Waals surface area contributed by atoms with Gasteiger partial charge < -0.3 is 10.2 Å². The summed E-state index contributed by atoms with van der Waals surface area (Å²) in [6.07, 6.45) is 0.222. The molecule has 1 heterocycles. The van der Waals surface area contributed by atoms with Gasteiger partial charge in [0.2, 0.25) is 5.91 Å². The van der Waals surface area contributed by atoms with Crippen LogP contribution in [0.5, 0.6) is 0 Å². The van der Waals surface area contributed by atoms with Crippen molar-refractivity contribution in [3.8, 4) is 0 Å². The molecule has 1 aromatic carbocycles. The van der Waals surface area contributed by atoms with Crippen molar-refractivity contribution in [3.05, 3.63) is 35.4 Å². The third-order valence-corrected chi connectivity index (χ3v) is 3.51. The Morgan fingerprint density at radius 2 is 2.05 bits per heavy atom. The van der Waals surface area contributed by atoms with Crippen molar-refractivity contribution in [1.82, 2.24) is 10.2 Å². The Morgan fingerprint density at radius 1 is 1.30 bits per heavy atom. The van der Waals surface area contributed by atoms with Crippen LogP contribution in [0.4, 0.5) is 8.78 Å². The smallest absolute Gasteiger partial charge is 0.263 e. The molecule has 1 aliphatic rings. The Hall–Kier alpha value is -1.49. The zero-order chi connectivity index (χ0) is 14.4. The molecule has 1 amide bonds. The van der Waals surface area contributed by atoms with Gasteiger partial charge in [-0.15, -0.1) is 0 Å². The number of carbonyl (C=O) groups excluding carboxylic acids is 1. The average molecular weight is 282 g/mol. The summed E-state index contributed by atoms with van der Waals surface area (Å²) in [5.41, 5.74) is 0.855. The van der Waals surface area contributed by atoms with E-state index in [1.165, 1.54) is 12.1 Å². The number of halogens is 2. The highest BCUT2D eigenvalue weighted by Gasteiger charge is 2.16. The second kappa shape index (κ2) is 7.33. The minimum absolute atomic E-state index is 0.0393. The molecule has 20 heavy (non-hydrogen) atoms. The van der Waals surface area contributed by atoms with Gasteiger partial charge in [0.15, 0.2) is 0 Å². The SMILES string of the molecule is O=C(CCNCc1cccc(C(F)F)c1)N1CCCC1. The Balaban J connectivity index is 1.70. The van der Waals surface area contributed by atoms with E-state index in [0.717, 1.165) is 31.5 Å². The zero-order valence-corrected chi connectivity index (χ0v) is 11.4. The van der Waals surface area contributed by atoms with E-state index in [-0.39, 0.29) is 11.5 Å². The minimum atomic E-state index is -2.44. The van der Waals surface area contributed by atoms with E-state index in [0.29, 0.717) is 19.5 Å². The van der Waals surface area contributed by atoms with Crippen LogP contribution in [0.3, 0.4) is 0 Å². The van der Waals surface area contributed by atoms with Crippen molar-refractivity contribution >= 4 is 5.91 Å². The predicted molar refractivity (Wildman–Crippen MR) is 73.5 cm³/mol. The number of amides is 1. The topological polar surface area (TPSA) is 32.3 Å². The number of carbonyl (C=O) groups is 1. The summed E-state index contributed by atoms with van der Waals surface area (Å²) in [6, 6.07) is 6.36. The minimum Gasteiger partial charge on any atom is -0.343 e. The number of nitrogens with one attached hydrogen (secondary N) is 1. The van der Waals surface area contributed by atoms with Crippen LogP contribution < -0.4 is 5.32 Å². The molecule has 0 radical (unpaired) electrons. The quantitative estimate of drug-likeness (QED) is 0.814. The number of benzene rings is 1. The molecule has 3 nitrogen and oxygen atoms in total. The number of alkyl halides is 2. The fourth-order valence-electron chi connectivity index (χ4n) is 2.39. The lowest BCUT2D eigenvalue weighted by Gasteiger charge is -2.15. The molecule has 2 rings (SSSR count). The van der Waals surface area contributed by atoms with Crippen LogP contribution in [0.15, 0.2) is 24.3 Å². The monoisotopic (exact) mass is 282 g/mol. The van der Waals surface area contributed by atoms with Gasteiger partial charge >= 0.3 is 0 Å². The molecule has 110 valence electrons. The standard InChI is InChI=1S/C15H20F2N2O/c16-15(17)13-5-3-4-12(10-13)11-18-7-6-14(20)19-8-1-2-9-19/h3-5,10,15,18H,1-2,6-9,11H2. The maximum atomic E-state index is 12.5. The summed E-state index contributed by atoms with van der Waals surface area (Å²) < 4.78 is 25.1. The lowest BCUT2D eigenvalue weighted by Crippen LogP contribution is -2.30. The molecule has 1 N–H and O–H groups in total. The zero-order valence-electron chi connectivity index (χ0n) is 11.4. The van der Waals surface area contributed by atoms with Gasteiger partial charge in [0.1, 0.15) is 0 Å². The summed E-state index contributed by atoms with van der Waals surface area (Å²) in [6.45, 7) is 2.83. The third kappa shape index (κ3) is 4.27. The summed E-state index contributed by atoms with van der Waals surface area (Å²) in [5.74, 6) is 0.177. The van der Waals surface area contributed by atoms with E-state index in [1.807, 2.05) is 4.90 Å². The van der Waals surface area contributed by atoms with Crippen LogP contribution >= 0.6 is 0 Å². The van der Waals surface area contributed by atoms with Crippen LogP contribution in [-0.2, 0) is 11.3 Å². The van der Waals surface area contributed by atoms with Gasteiger partial charge in [-0.25, -0.2) is 8.78 Å². The highest BCUT2D eigenvalue weighted by Crippen LogP contribution is 2.19. The summed E-state index contributed by atoms with van der Waals surface area (Å²) >= 11 is 0. The normalized spacial score (nSPS) is 15.1. The molecular weight excluding hydrogens is 262 g/mol. The van der Waals surface area contributed by atoms with Gasteiger partial charge in [-0.2, -0.15) is 0 Å². The van der Waals surface area contributed by atoms with Crippen molar-refractivity contribution in [2.75, 3.05) is 19.6 Å². The van der Waals surface area contributed by atoms with Crippen LogP contribution in [0.25, 0.3) is 0 Å². The van der Waals surface area contributed by atoms with Gasteiger partial charge in [-0.3, -0.25) is 4.79 Å². The first-order chi connectivity index (χ1) is 9.66. The van der Waals surface area contributed by atoms with E-state index in [2.05, 4.69) is 5.32 Å². The van der Waals surface area contributed by atoms with Crippen LogP contribution in [0, 0.1) is 0 Å². The van der Waals surface area contributed by atoms with E-state index in [9.17, 15) is 13.6 Å². The molecule has 0 saturated carbocycles. The first-order valence-electron chi connectivity index (χ1n) is 7.02. The molecule has 0 spiro atoms. The van der Waals surface area contributed by atoms with E-state index < -0.39 is 6.43 Å². The first kappa shape index (κ1) is 14.9. The lowest BCUT2D eigenvalue weighted by molar-refractivity contribution is -0.130. The van der Waals surface area contributed by atoms with Gasteiger partial charge in [0, 0.05) is 38.2 Å². The molecule has 1 saturated heterocycles. The highest BCUT2D eigenvalue weighted by molar-refractivity contribution is 5.76. The predicted octanol–water partition coefficient (Wildman–Crippen LogP) is 2.73. The third-order valence-electron chi connectivity index (χ3n) is 3.51. The van der Waals surface area contributed by atoms with E-state index >= 15 is 0 Å². The van der Waals surface area contributed by atoms with Gasteiger partial charge in [0.25, 0.3) is 6.43 Å². The Morgan fingerprint density at radius 3 is 2.75 bits per heavy atom. The molecule has 5 heteroatoms. The molecule has 0 unspecified atom stereocenters. The summed E-state index contributed by atoms with van der Waals surface area (Å²) in [5, 5.41) is 3.13. The highest BCUT2D eigenvalue weighted by atomic mass is 19.3. The molecule has 0 bridgehead atoms. The fraction of sp³-hybridized carbons (Fsp3) is 0.533. The second-order valence-corrected chi connectivity index (χ2v) is 5.06. The van der Waals surface area contributed by atoms with E-state index in [1.54, 1.807) is 12.1 Å². The Kier molecular flexibility index (Phi) is 5.47. The molecule has 0 aromatic heterocycles. The number of hydrogen-bond donors (Lipinski definition) is 1. The lowest BCUT2D eigenvalue weighted by atomic mass is 10.1. The molecular formula is C15H20F2N2O. The van der Waals surface area contributed by atoms with Crippen molar-refractivity contribution < 1.29 is 13.6 Å². The van der Waals surface area contributed by atoms with Gasteiger partial charge in [-0.05, 0) is 24.5 Å². The van der Waals surface area contributed by atoms with Crippen molar-refractivity contribution in [2.24, 2.45) is 0 Å². The molecule has 1 aliphatic heterocycles. The second-order valence-electron chi connectivity index (χ2n) is 5.06. The maximum absolute atomic E-state index is 12.5. The maximum Gasteiger partial charge on any atom is 0.263 e. The Bertz CT molecular complexity index is 445. The number of likely N-dealkylation sites (tertiary alicyclic amines) is 1. The molecule has 1 fully saturated rings. The first-order valence-corrected chi connectivity index (χ1v) is 7.02. The molecule has 0 aliphatic carbocycles. The average Bonchev–Trinajstić information content (AvgIpc) is 2.98. The van der Waals surface area contributed by atoms with Crippen LogP contribution in [-0.4, -0.2) is 30.4 Å². The number of hydrogen-bond acceptors (Lipinski definition) is 2. The summed E-state index contributed by atoms with van der Waals surface area (Å²) in [7, 11) is 0. The number of nitrogens with zero attached hydrogens (tertiary/aromatic N) is 1. The molecule has 0 atom stereocenters. The van der Waals surface area contributed by atoms with Crippen molar-refractivity contribution in [1.29, 1.82) is 0 Å². The van der Waals surface area contributed by atoms with Crippen molar-refractivity contribution in [3.63, 3.8) is 0 Å². The molecule has 1 aromatic rings. The van der Waals surface area contributed by atoms with Gasteiger partial charge in [0.05, 0.1) is 0 Å². The van der Waals surface area contributed by atoms with Crippen molar-refractivity contribution in [2.45, 2.75) is 32.2 Å². The van der Waals surface area contributed by atoms with Crippen LogP contribution in [0.1, 0.15) is 36.8 Å². The van der Waals surface area contributed by atoms with E-state index in [4.69, 9.17) is 0 Å². The summed E-state index contributed by atoms with van der Waals surface area (Å²) in [4.78, 5) is 13.7. The largest absolute Gasteiger partial charge is 0.343 e.